The number of hydrogen-bond donors (Lipinski definition) is 2. The van der Waals surface area contributed by atoms with Gasteiger partial charge in [-0.15, -0.1) is 0 Å². The zero-order valence-corrected chi connectivity index (χ0v) is 12.9. The molecule has 1 aliphatic heterocycles. The summed E-state index contributed by atoms with van der Waals surface area (Å²) in [5, 5.41) is 5.71. The molecule has 0 saturated carbocycles. The van der Waals surface area contributed by atoms with Crippen molar-refractivity contribution in [3.05, 3.63) is 59.2 Å². The van der Waals surface area contributed by atoms with Gasteiger partial charge in [0.1, 0.15) is 5.75 Å². The third kappa shape index (κ3) is 3.51. The van der Waals surface area contributed by atoms with E-state index in [1.807, 2.05) is 18.2 Å². The van der Waals surface area contributed by atoms with Gasteiger partial charge >= 0.3 is 0 Å². The Morgan fingerprint density at radius 3 is 2.74 bits per heavy atom. The van der Waals surface area contributed by atoms with Gasteiger partial charge in [-0.1, -0.05) is 12.1 Å². The van der Waals surface area contributed by atoms with Gasteiger partial charge in [-0.2, -0.15) is 0 Å². The summed E-state index contributed by atoms with van der Waals surface area (Å²) in [6, 6.07) is 12.9. The summed E-state index contributed by atoms with van der Waals surface area (Å²) in [5.74, 6) is 0.651. The summed E-state index contributed by atoms with van der Waals surface area (Å²) in [5.41, 5.74) is 3.62. The lowest BCUT2D eigenvalue weighted by atomic mass is 10.1. The topological polar surface area (TPSA) is 67.4 Å². The minimum absolute atomic E-state index is 0.0324. The molecular formula is C18H18N2O3. The number of benzene rings is 2. The van der Waals surface area contributed by atoms with Gasteiger partial charge in [0.05, 0.1) is 13.5 Å². The number of carbonyl (C=O) groups excluding carboxylic acids is 2. The Morgan fingerprint density at radius 1 is 1.22 bits per heavy atom. The van der Waals surface area contributed by atoms with Crippen molar-refractivity contribution in [2.45, 2.75) is 12.8 Å². The largest absolute Gasteiger partial charge is 0.497 e. The first kappa shape index (κ1) is 15.1. The highest BCUT2D eigenvalue weighted by Crippen LogP contribution is 2.23. The number of fused-ring (bicyclic) bond motifs is 1. The molecule has 0 spiro atoms. The van der Waals surface area contributed by atoms with Crippen LogP contribution in [0.25, 0.3) is 0 Å². The van der Waals surface area contributed by atoms with Gasteiger partial charge in [0.15, 0.2) is 0 Å². The van der Waals surface area contributed by atoms with Gasteiger partial charge in [0.25, 0.3) is 5.91 Å². The van der Waals surface area contributed by atoms with Gasteiger partial charge in [0, 0.05) is 17.8 Å². The van der Waals surface area contributed by atoms with Crippen LogP contribution in [0.1, 0.15) is 21.5 Å². The summed E-state index contributed by atoms with van der Waals surface area (Å²) in [6.45, 7) is 0.547. The first-order valence-electron chi connectivity index (χ1n) is 7.49. The van der Waals surface area contributed by atoms with Gasteiger partial charge in [-0.25, -0.2) is 0 Å². The Labute approximate surface area is 134 Å². The summed E-state index contributed by atoms with van der Waals surface area (Å²) >= 11 is 0. The van der Waals surface area contributed by atoms with Gasteiger partial charge in [0.2, 0.25) is 5.91 Å². The normalized spacial score (nSPS) is 12.5. The molecule has 0 fully saturated rings. The molecule has 2 aromatic carbocycles. The van der Waals surface area contributed by atoms with Crippen LogP contribution < -0.4 is 15.4 Å². The molecule has 2 N–H and O–H groups in total. The van der Waals surface area contributed by atoms with Gasteiger partial charge in [-0.3, -0.25) is 9.59 Å². The molecule has 0 atom stereocenters. The maximum atomic E-state index is 12.1. The molecule has 0 radical (unpaired) electrons. The van der Waals surface area contributed by atoms with Crippen molar-refractivity contribution in [3.63, 3.8) is 0 Å². The van der Waals surface area contributed by atoms with Crippen LogP contribution in [0, 0.1) is 0 Å². The smallest absolute Gasteiger partial charge is 0.251 e. The predicted molar refractivity (Wildman–Crippen MR) is 87.8 cm³/mol. The van der Waals surface area contributed by atoms with Gasteiger partial charge < -0.3 is 15.4 Å². The molecule has 0 saturated heterocycles. The first-order valence-corrected chi connectivity index (χ1v) is 7.49. The molecule has 0 aliphatic carbocycles. The van der Waals surface area contributed by atoms with Crippen LogP contribution in [0.2, 0.25) is 0 Å². The molecule has 5 heteroatoms. The molecule has 2 amide bonds. The Balaban J connectivity index is 1.54. The molecule has 1 heterocycles. The van der Waals surface area contributed by atoms with Crippen molar-refractivity contribution in [2.75, 3.05) is 19.0 Å². The number of carbonyl (C=O) groups is 2. The number of ether oxygens (including phenoxy) is 1. The van der Waals surface area contributed by atoms with Crippen LogP contribution in [0.15, 0.2) is 42.5 Å². The quantitative estimate of drug-likeness (QED) is 0.889. The minimum atomic E-state index is -0.106. The molecule has 3 rings (SSSR count). The van der Waals surface area contributed by atoms with Crippen LogP contribution in [0.5, 0.6) is 5.75 Å². The van der Waals surface area contributed by atoms with Crippen LogP contribution >= 0.6 is 0 Å². The van der Waals surface area contributed by atoms with Crippen molar-refractivity contribution in [2.24, 2.45) is 0 Å². The predicted octanol–water partition coefficient (Wildman–Crippen LogP) is 2.16. The lowest BCUT2D eigenvalue weighted by Gasteiger charge is -2.07. The maximum Gasteiger partial charge on any atom is 0.251 e. The minimum Gasteiger partial charge on any atom is -0.497 e. The zero-order chi connectivity index (χ0) is 16.2. The van der Waals surface area contributed by atoms with E-state index in [9.17, 15) is 9.59 Å². The maximum absolute atomic E-state index is 12.1. The van der Waals surface area contributed by atoms with Crippen LogP contribution in [0.3, 0.4) is 0 Å². The molecule has 5 nitrogen and oxygen atoms in total. The summed E-state index contributed by atoms with van der Waals surface area (Å²) in [6.07, 6.45) is 1.16. The Morgan fingerprint density at radius 2 is 2.00 bits per heavy atom. The average molecular weight is 310 g/mol. The van der Waals surface area contributed by atoms with Gasteiger partial charge in [-0.05, 0) is 47.9 Å². The van der Waals surface area contributed by atoms with Crippen LogP contribution in [-0.4, -0.2) is 25.5 Å². The second kappa shape index (κ2) is 6.52. The lowest BCUT2D eigenvalue weighted by molar-refractivity contribution is -0.115. The second-order valence-corrected chi connectivity index (χ2v) is 5.45. The van der Waals surface area contributed by atoms with E-state index in [2.05, 4.69) is 10.6 Å². The van der Waals surface area contributed by atoms with Crippen LogP contribution in [0.4, 0.5) is 5.69 Å². The third-order valence-electron chi connectivity index (χ3n) is 3.85. The number of rotatable bonds is 5. The summed E-state index contributed by atoms with van der Waals surface area (Å²) < 4.78 is 5.07. The number of nitrogens with one attached hydrogen (secondary N) is 2. The molecular weight excluding hydrogens is 292 g/mol. The highest BCUT2D eigenvalue weighted by Gasteiger charge is 2.17. The second-order valence-electron chi connectivity index (χ2n) is 5.45. The van der Waals surface area contributed by atoms with E-state index in [-0.39, 0.29) is 11.8 Å². The average Bonchev–Trinajstić information content (AvgIpc) is 2.94. The highest BCUT2D eigenvalue weighted by molar-refractivity contribution is 5.99. The van der Waals surface area contributed by atoms with E-state index < -0.39 is 0 Å². The fourth-order valence-electron chi connectivity index (χ4n) is 2.60. The molecule has 1 aliphatic rings. The fourth-order valence-corrected chi connectivity index (χ4v) is 2.60. The Kier molecular flexibility index (Phi) is 4.28. The standard InChI is InChI=1S/C18H18N2O3/c1-23-15-5-3-13(4-6-15)18(22)19-9-8-12-2-7-16-14(10-12)11-17(21)20-16/h2-7,10H,8-9,11H2,1H3,(H,19,22)(H,20,21). The summed E-state index contributed by atoms with van der Waals surface area (Å²) in [7, 11) is 1.59. The monoisotopic (exact) mass is 310 g/mol. The van der Waals surface area contributed by atoms with E-state index in [0.29, 0.717) is 18.5 Å². The molecule has 118 valence electrons. The summed E-state index contributed by atoms with van der Waals surface area (Å²) in [4.78, 5) is 23.4. The zero-order valence-electron chi connectivity index (χ0n) is 12.9. The molecule has 0 aromatic heterocycles. The molecule has 0 unspecified atom stereocenters. The number of amides is 2. The molecule has 0 bridgehead atoms. The highest BCUT2D eigenvalue weighted by atomic mass is 16.5. The van der Waals surface area contributed by atoms with E-state index in [1.54, 1.807) is 31.4 Å². The van der Waals surface area contributed by atoms with Crippen molar-refractivity contribution in [3.8, 4) is 5.75 Å². The first-order chi connectivity index (χ1) is 11.2. The Hall–Kier alpha value is -2.82. The number of methoxy groups -OCH3 is 1. The van der Waals surface area contributed by atoms with Crippen LogP contribution in [-0.2, 0) is 17.6 Å². The third-order valence-corrected chi connectivity index (χ3v) is 3.85. The van der Waals surface area contributed by atoms with E-state index in [1.165, 1.54) is 0 Å². The van der Waals surface area contributed by atoms with Crippen molar-refractivity contribution in [1.29, 1.82) is 0 Å². The SMILES string of the molecule is COc1ccc(C(=O)NCCc2ccc3c(c2)CC(=O)N3)cc1. The van der Waals surface area contributed by atoms with E-state index >= 15 is 0 Å². The Bertz CT molecular complexity index is 738. The number of hydrogen-bond acceptors (Lipinski definition) is 3. The number of anilines is 1. The molecule has 2 aromatic rings. The lowest BCUT2D eigenvalue weighted by Crippen LogP contribution is -2.25. The van der Waals surface area contributed by atoms with Crippen molar-refractivity contribution < 1.29 is 14.3 Å². The van der Waals surface area contributed by atoms with Crippen molar-refractivity contribution >= 4 is 17.5 Å². The molecule has 23 heavy (non-hydrogen) atoms. The fraction of sp³-hybridized carbons (Fsp3) is 0.222. The van der Waals surface area contributed by atoms with E-state index in [4.69, 9.17) is 4.74 Å². The van der Waals surface area contributed by atoms with Crippen molar-refractivity contribution in [1.82, 2.24) is 5.32 Å². The van der Waals surface area contributed by atoms with E-state index in [0.717, 1.165) is 29.0 Å².